The molecule has 0 spiro atoms. The number of hydrogen-bond donors (Lipinski definition) is 1. The third-order valence-corrected chi connectivity index (χ3v) is 6.97. The van der Waals surface area contributed by atoms with Crippen molar-refractivity contribution in [1.29, 1.82) is 0 Å². The molecule has 0 aliphatic carbocycles. The van der Waals surface area contributed by atoms with E-state index in [1.165, 1.54) is 16.9 Å². The van der Waals surface area contributed by atoms with Gasteiger partial charge in [-0.15, -0.1) is 11.3 Å². The predicted octanol–water partition coefficient (Wildman–Crippen LogP) is 5.56. The molecule has 1 saturated heterocycles. The number of furan rings is 1. The molecule has 4 heteroatoms. The number of nitrogens with zero attached hydrogens (tertiary/aromatic N) is 1. The zero-order valence-electron chi connectivity index (χ0n) is 17.2. The first-order valence-corrected chi connectivity index (χ1v) is 11.6. The summed E-state index contributed by atoms with van der Waals surface area (Å²) in [6.45, 7) is 4.57. The van der Waals surface area contributed by atoms with Crippen LogP contribution in [0.1, 0.15) is 35.5 Å². The van der Waals surface area contributed by atoms with E-state index in [1.807, 2.05) is 11.3 Å². The van der Waals surface area contributed by atoms with Gasteiger partial charge in [0.25, 0.3) is 0 Å². The predicted molar refractivity (Wildman–Crippen MR) is 120 cm³/mol. The highest BCUT2D eigenvalue weighted by atomic mass is 32.1. The third kappa shape index (κ3) is 5.39. The van der Waals surface area contributed by atoms with Gasteiger partial charge in [-0.1, -0.05) is 35.9 Å². The van der Waals surface area contributed by atoms with Crippen LogP contribution in [0.15, 0.2) is 58.3 Å². The number of hydrogen-bond acceptors (Lipinski definition) is 4. The lowest BCUT2D eigenvalue weighted by Crippen LogP contribution is -2.36. The maximum Gasteiger partial charge on any atom is 0.134 e. The van der Waals surface area contributed by atoms with Crippen LogP contribution < -0.4 is 0 Å². The monoisotopic (exact) mass is 409 g/mol. The summed E-state index contributed by atoms with van der Waals surface area (Å²) in [7, 11) is 0. The van der Waals surface area contributed by atoms with Crippen LogP contribution in [0.25, 0.3) is 11.3 Å². The summed E-state index contributed by atoms with van der Waals surface area (Å²) in [6.07, 6.45) is 5.50. The summed E-state index contributed by atoms with van der Waals surface area (Å²) in [5.41, 5.74) is 2.40. The van der Waals surface area contributed by atoms with Crippen molar-refractivity contribution in [3.8, 4) is 11.3 Å². The van der Waals surface area contributed by atoms with Gasteiger partial charge in [-0.2, -0.15) is 0 Å². The van der Waals surface area contributed by atoms with Gasteiger partial charge >= 0.3 is 0 Å². The smallest absolute Gasteiger partial charge is 0.134 e. The molecule has 2 unspecified atom stereocenters. The molecule has 1 fully saturated rings. The molecule has 3 aromatic rings. The second-order valence-electron chi connectivity index (χ2n) is 8.29. The van der Waals surface area contributed by atoms with Crippen LogP contribution in [-0.4, -0.2) is 35.7 Å². The Balaban J connectivity index is 1.40. The van der Waals surface area contributed by atoms with E-state index < -0.39 is 0 Å². The highest BCUT2D eigenvalue weighted by molar-refractivity contribution is 7.09. The van der Waals surface area contributed by atoms with Gasteiger partial charge in [0.15, 0.2) is 0 Å². The van der Waals surface area contributed by atoms with Gasteiger partial charge in [-0.3, -0.25) is 4.90 Å². The molecule has 1 aliphatic rings. The summed E-state index contributed by atoms with van der Waals surface area (Å²) in [5.74, 6) is 2.60. The molecular formula is C25H31NO2S. The maximum absolute atomic E-state index is 9.69. The lowest BCUT2D eigenvalue weighted by molar-refractivity contribution is 0.139. The van der Waals surface area contributed by atoms with Crippen molar-refractivity contribution in [3.05, 3.63) is 70.1 Å². The molecule has 2 aromatic heterocycles. The number of aliphatic hydroxyl groups excluding tert-OH is 1. The molecule has 1 aliphatic heterocycles. The molecule has 3 nitrogen and oxygen atoms in total. The van der Waals surface area contributed by atoms with Crippen molar-refractivity contribution in [2.75, 3.05) is 19.7 Å². The zero-order valence-corrected chi connectivity index (χ0v) is 18.0. The fraction of sp³-hybridized carbons (Fsp3) is 0.440. The Labute approximate surface area is 178 Å². The van der Waals surface area contributed by atoms with Crippen molar-refractivity contribution in [2.45, 2.75) is 45.1 Å². The molecule has 0 amide bonds. The van der Waals surface area contributed by atoms with E-state index in [0.29, 0.717) is 12.0 Å². The van der Waals surface area contributed by atoms with Crippen LogP contribution in [0.3, 0.4) is 0 Å². The SMILES string of the molecule is Cc1ccc(-c2ccc(CCC(Cc3cccs3)CN3CCCC3CO)o2)cc1. The van der Waals surface area contributed by atoms with Gasteiger partial charge in [0.1, 0.15) is 11.5 Å². The minimum Gasteiger partial charge on any atom is -0.461 e. The van der Waals surface area contributed by atoms with Crippen molar-refractivity contribution < 1.29 is 9.52 Å². The first-order chi connectivity index (χ1) is 14.2. The minimum absolute atomic E-state index is 0.282. The fourth-order valence-corrected chi connectivity index (χ4v) is 5.20. The molecule has 4 rings (SSSR count). The Bertz CT molecular complexity index is 869. The molecule has 3 heterocycles. The molecule has 0 bridgehead atoms. The second-order valence-corrected chi connectivity index (χ2v) is 9.33. The molecular weight excluding hydrogens is 378 g/mol. The van der Waals surface area contributed by atoms with Gasteiger partial charge < -0.3 is 9.52 Å². The van der Waals surface area contributed by atoms with Gasteiger partial charge in [0.2, 0.25) is 0 Å². The standard InChI is InChI=1S/C25H31NO2S/c1-19-6-9-21(10-7-19)25-13-12-23(28-25)11-8-20(16-24-5-3-15-29-24)17-26-14-2-4-22(26)18-27/h3,5-7,9-10,12-13,15,20,22,27H,2,4,8,11,14,16-18H2,1H3. The summed E-state index contributed by atoms with van der Waals surface area (Å²) in [5, 5.41) is 11.9. The van der Waals surface area contributed by atoms with E-state index in [-0.39, 0.29) is 6.61 Å². The highest BCUT2D eigenvalue weighted by Gasteiger charge is 2.26. The largest absolute Gasteiger partial charge is 0.461 e. The summed E-state index contributed by atoms with van der Waals surface area (Å²) in [4.78, 5) is 3.95. The van der Waals surface area contributed by atoms with Crippen molar-refractivity contribution >= 4 is 11.3 Å². The van der Waals surface area contributed by atoms with Crippen LogP contribution in [0.5, 0.6) is 0 Å². The first-order valence-electron chi connectivity index (χ1n) is 10.7. The first kappa shape index (κ1) is 20.4. The van der Waals surface area contributed by atoms with Crippen LogP contribution in [0, 0.1) is 12.8 Å². The van der Waals surface area contributed by atoms with Crippen molar-refractivity contribution in [1.82, 2.24) is 4.90 Å². The van der Waals surface area contributed by atoms with E-state index in [0.717, 1.165) is 55.9 Å². The number of aryl methyl sites for hydroxylation is 2. The molecule has 154 valence electrons. The van der Waals surface area contributed by atoms with Gasteiger partial charge in [-0.25, -0.2) is 0 Å². The summed E-state index contributed by atoms with van der Waals surface area (Å²) in [6, 6.07) is 17.5. The molecule has 2 atom stereocenters. The highest BCUT2D eigenvalue weighted by Crippen LogP contribution is 2.27. The fourth-order valence-electron chi connectivity index (χ4n) is 4.38. The van der Waals surface area contributed by atoms with E-state index in [1.54, 1.807) is 0 Å². The topological polar surface area (TPSA) is 36.6 Å². The summed E-state index contributed by atoms with van der Waals surface area (Å²) < 4.78 is 6.16. The zero-order chi connectivity index (χ0) is 20.1. The minimum atomic E-state index is 0.282. The molecule has 0 radical (unpaired) electrons. The number of rotatable bonds is 9. The molecule has 1 aromatic carbocycles. The Kier molecular flexibility index (Phi) is 6.86. The van der Waals surface area contributed by atoms with Crippen LogP contribution >= 0.6 is 11.3 Å². The van der Waals surface area contributed by atoms with Crippen LogP contribution in [0.4, 0.5) is 0 Å². The van der Waals surface area contributed by atoms with E-state index in [4.69, 9.17) is 4.42 Å². The van der Waals surface area contributed by atoms with Crippen molar-refractivity contribution in [2.24, 2.45) is 5.92 Å². The van der Waals surface area contributed by atoms with E-state index in [2.05, 4.69) is 65.7 Å². The Morgan fingerprint density at radius 3 is 2.79 bits per heavy atom. The maximum atomic E-state index is 9.69. The second kappa shape index (κ2) is 9.75. The Hall–Kier alpha value is -1.88. The molecule has 1 N–H and O–H groups in total. The molecule has 29 heavy (non-hydrogen) atoms. The average Bonchev–Trinajstić information content (AvgIpc) is 3.49. The van der Waals surface area contributed by atoms with E-state index in [9.17, 15) is 5.11 Å². The van der Waals surface area contributed by atoms with Gasteiger partial charge in [-0.05, 0) is 68.6 Å². The quantitative estimate of drug-likeness (QED) is 0.502. The molecule has 0 saturated carbocycles. The van der Waals surface area contributed by atoms with Crippen LogP contribution in [-0.2, 0) is 12.8 Å². The third-order valence-electron chi connectivity index (χ3n) is 6.07. The van der Waals surface area contributed by atoms with Gasteiger partial charge in [0, 0.05) is 29.4 Å². The number of aliphatic hydroxyl groups is 1. The lowest BCUT2D eigenvalue weighted by atomic mass is 9.96. The Morgan fingerprint density at radius 1 is 1.17 bits per heavy atom. The van der Waals surface area contributed by atoms with Gasteiger partial charge in [0.05, 0.1) is 6.61 Å². The van der Waals surface area contributed by atoms with Crippen molar-refractivity contribution in [3.63, 3.8) is 0 Å². The number of likely N-dealkylation sites (tertiary alicyclic amines) is 1. The number of thiophene rings is 1. The normalized spacial score (nSPS) is 18.3. The van der Waals surface area contributed by atoms with E-state index >= 15 is 0 Å². The van der Waals surface area contributed by atoms with Crippen LogP contribution in [0.2, 0.25) is 0 Å². The summed E-state index contributed by atoms with van der Waals surface area (Å²) >= 11 is 1.85. The lowest BCUT2D eigenvalue weighted by Gasteiger charge is -2.27. The Morgan fingerprint density at radius 2 is 2.03 bits per heavy atom. The number of benzene rings is 1. The average molecular weight is 410 g/mol.